The molecule has 1 fully saturated rings. The number of nitrogens with two attached hydrogens (primary N) is 2. The van der Waals surface area contributed by atoms with Crippen LogP contribution >= 0.6 is 0 Å². The first-order valence-electron chi connectivity index (χ1n) is 6.39. The first kappa shape index (κ1) is 14.9. The number of carbonyl (C=O) groups is 1. The molecule has 4 N–H and O–H groups in total. The minimum absolute atomic E-state index is 0.146. The first-order valence-corrected chi connectivity index (χ1v) is 7.83. The summed E-state index contributed by atoms with van der Waals surface area (Å²) in [6.45, 7) is 0.869. The number of aromatic nitrogens is 1. The molecule has 1 aromatic rings. The van der Waals surface area contributed by atoms with Crippen LogP contribution in [0.3, 0.4) is 0 Å². The Morgan fingerprint density at radius 1 is 1.35 bits per heavy atom. The Balaban J connectivity index is 2.13. The molecule has 0 bridgehead atoms. The van der Waals surface area contributed by atoms with Gasteiger partial charge in [0, 0.05) is 31.7 Å². The summed E-state index contributed by atoms with van der Waals surface area (Å²) in [6.07, 6.45) is 2.24. The number of piperidine rings is 1. The van der Waals surface area contributed by atoms with Crippen LogP contribution in [-0.2, 0) is 21.4 Å². The molecule has 0 unspecified atom stereocenters. The molecule has 0 atom stereocenters. The van der Waals surface area contributed by atoms with Crippen molar-refractivity contribution in [2.24, 2.45) is 17.4 Å². The lowest BCUT2D eigenvalue weighted by molar-refractivity contribution is -0.122. The van der Waals surface area contributed by atoms with Gasteiger partial charge in [0.1, 0.15) is 4.90 Å². The predicted octanol–water partition coefficient (Wildman–Crippen LogP) is -0.574. The minimum Gasteiger partial charge on any atom is -0.369 e. The van der Waals surface area contributed by atoms with E-state index in [-0.39, 0.29) is 23.3 Å². The predicted molar refractivity (Wildman–Crippen MR) is 72.8 cm³/mol. The highest BCUT2D eigenvalue weighted by Gasteiger charge is 2.31. The third-order valence-corrected chi connectivity index (χ3v) is 5.38. The largest absolute Gasteiger partial charge is 0.369 e. The highest BCUT2D eigenvalue weighted by molar-refractivity contribution is 7.89. The van der Waals surface area contributed by atoms with Gasteiger partial charge < -0.3 is 11.5 Å². The molecule has 8 heteroatoms. The summed E-state index contributed by atoms with van der Waals surface area (Å²) >= 11 is 0. The third-order valence-electron chi connectivity index (χ3n) is 3.50. The SMILES string of the molecule is NCc1ccc(S(=O)(=O)N2CCC(C(N)=O)CC2)cn1. The monoisotopic (exact) mass is 298 g/mol. The van der Waals surface area contributed by atoms with E-state index in [2.05, 4.69) is 4.98 Å². The topological polar surface area (TPSA) is 119 Å². The molecule has 20 heavy (non-hydrogen) atoms. The van der Waals surface area contributed by atoms with E-state index >= 15 is 0 Å². The maximum atomic E-state index is 12.4. The van der Waals surface area contributed by atoms with E-state index in [9.17, 15) is 13.2 Å². The van der Waals surface area contributed by atoms with Crippen molar-refractivity contribution in [2.75, 3.05) is 13.1 Å². The van der Waals surface area contributed by atoms with Gasteiger partial charge in [-0.15, -0.1) is 0 Å². The van der Waals surface area contributed by atoms with Crippen LogP contribution in [0.1, 0.15) is 18.5 Å². The van der Waals surface area contributed by atoms with Gasteiger partial charge in [-0.25, -0.2) is 8.42 Å². The van der Waals surface area contributed by atoms with Crippen LogP contribution in [0.4, 0.5) is 0 Å². The second-order valence-corrected chi connectivity index (χ2v) is 6.71. The minimum atomic E-state index is -3.56. The normalized spacial score (nSPS) is 18.1. The molecule has 1 aromatic heterocycles. The summed E-state index contributed by atoms with van der Waals surface area (Å²) in [5.41, 5.74) is 11.3. The van der Waals surface area contributed by atoms with Crippen molar-refractivity contribution in [2.45, 2.75) is 24.3 Å². The van der Waals surface area contributed by atoms with E-state index in [0.717, 1.165) is 0 Å². The van der Waals surface area contributed by atoms with Crippen LogP contribution in [0.15, 0.2) is 23.2 Å². The van der Waals surface area contributed by atoms with Crippen LogP contribution < -0.4 is 11.5 Å². The zero-order chi connectivity index (χ0) is 14.8. The number of nitrogens with zero attached hydrogens (tertiary/aromatic N) is 2. The summed E-state index contributed by atoms with van der Waals surface area (Å²) in [5, 5.41) is 0. The van der Waals surface area contributed by atoms with Gasteiger partial charge >= 0.3 is 0 Å². The van der Waals surface area contributed by atoms with Crippen LogP contribution in [-0.4, -0.2) is 36.7 Å². The average molecular weight is 298 g/mol. The number of sulfonamides is 1. The van der Waals surface area contributed by atoms with E-state index in [4.69, 9.17) is 11.5 Å². The Morgan fingerprint density at radius 3 is 2.45 bits per heavy atom. The molecule has 2 heterocycles. The number of rotatable bonds is 4. The Morgan fingerprint density at radius 2 is 2.00 bits per heavy atom. The molecule has 0 saturated carbocycles. The molecule has 1 saturated heterocycles. The molecule has 1 aliphatic heterocycles. The zero-order valence-corrected chi connectivity index (χ0v) is 11.8. The fourth-order valence-corrected chi connectivity index (χ4v) is 3.63. The standard InChI is InChI=1S/C12H18N4O3S/c13-7-10-1-2-11(8-15-10)20(18,19)16-5-3-9(4-6-16)12(14)17/h1-2,8-9H,3-7,13H2,(H2,14,17). The van der Waals surface area contributed by atoms with Gasteiger partial charge in [0.25, 0.3) is 0 Å². The zero-order valence-electron chi connectivity index (χ0n) is 11.0. The molecule has 0 aromatic carbocycles. The highest BCUT2D eigenvalue weighted by atomic mass is 32.2. The van der Waals surface area contributed by atoms with Gasteiger partial charge in [-0.3, -0.25) is 9.78 Å². The number of primary amides is 1. The maximum Gasteiger partial charge on any atom is 0.244 e. The molecule has 1 amide bonds. The van der Waals surface area contributed by atoms with Gasteiger partial charge in [0.15, 0.2) is 0 Å². The molecule has 0 spiro atoms. The van der Waals surface area contributed by atoms with Gasteiger partial charge in [0.2, 0.25) is 15.9 Å². The summed E-state index contributed by atoms with van der Waals surface area (Å²) in [7, 11) is -3.56. The Hall–Kier alpha value is -1.51. The van der Waals surface area contributed by atoms with Crippen LogP contribution in [0.5, 0.6) is 0 Å². The lowest BCUT2D eigenvalue weighted by Crippen LogP contribution is -2.41. The van der Waals surface area contributed by atoms with Gasteiger partial charge in [-0.05, 0) is 25.0 Å². The summed E-state index contributed by atoms with van der Waals surface area (Å²) < 4.78 is 26.2. The number of hydrogen-bond acceptors (Lipinski definition) is 5. The Bertz CT molecular complexity index is 577. The summed E-state index contributed by atoms with van der Waals surface area (Å²) in [4.78, 5) is 15.2. The van der Waals surface area contributed by atoms with Crippen molar-refractivity contribution in [1.29, 1.82) is 0 Å². The number of amides is 1. The molecular weight excluding hydrogens is 280 g/mol. The third kappa shape index (κ3) is 2.97. The van der Waals surface area contributed by atoms with Gasteiger partial charge in [-0.1, -0.05) is 0 Å². The highest BCUT2D eigenvalue weighted by Crippen LogP contribution is 2.23. The van der Waals surface area contributed by atoms with E-state index in [0.29, 0.717) is 31.6 Å². The first-order chi connectivity index (χ1) is 9.45. The average Bonchev–Trinajstić information content (AvgIpc) is 2.47. The molecule has 7 nitrogen and oxygen atoms in total. The molecule has 110 valence electrons. The maximum absolute atomic E-state index is 12.4. The van der Waals surface area contributed by atoms with Crippen LogP contribution in [0.2, 0.25) is 0 Å². The van der Waals surface area contributed by atoms with Crippen molar-refractivity contribution < 1.29 is 13.2 Å². The second-order valence-electron chi connectivity index (χ2n) is 4.77. The summed E-state index contributed by atoms with van der Waals surface area (Å²) in [5.74, 6) is -0.602. The Kier molecular flexibility index (Phi) is 4.36. The fourth-order valence-electron chi connectivity index (χ4n) is 2.21. The molecule has 2 rings (SSSR count). The van der Waals surface area contributed by atoms with Crippen molar-refractivity contribution in [3.8, 4) is 0 Å². The lowest BCUT2D eigenvalue weighted by Gasteiger charge is -2.29. The Labute approximate surface area is 118 Å². The number of pyridine rings is 1. The van der Waals surface area contributed by atoms with Crippen molar-refractivity contribution >= 4 is 15.9 Å². The van der Waals surface area contributed by atoms with E-state index in [1.54, 1.807) is 6.07 Å². The number of hydrogen-bond donors (Lipinski definition) is 2. The smallest absolute Gasteiger partial charge is 0.244 e. The van der Waals surface area contributed by atoms with E-state index < -0.39 is 10.0 Å². The van der Waals surface area contributed by atoms with Crippen molar-refractivity contribution in [3.63, 3.8) is 0 Å². The van der Waals surface area contributed by atoms with Gasteiger partial charge in [0.05, 0.1) is 5.69 Å². The van der Waals surface area contributed by atoms with Gasteiger partial charge in [-0.2, -0.15) is 4.31 Å². The molecule has 0 aliphatic carbocycles. The van der Waals surface area contributed by atoms with Crippen LogP contribution in [0, 0.1) is 5.92 Å². The lowest BCUT2D eigenvalue weighted by atomic mass is 9.98. The second kappa shape index (κ2) is 5.86. The van der Waals surface area contributed by atoms with E-state index in [1.165, 1.54) is 16.6 Å². The van der Waals surface area contributed by atoms with Crippen molar-refractivity contribution in [1.82, 2.24) is 9.29 Å². The molecule has 0 radical (unpaired) electrons. The summed E-state index contributed by atoms with van der Waals surface area (Å²) in [6, 6.07) is 3.10. The van der Waals surface area contributed by atoms with Crippen molar-refractivity contribution in [3.05, 3.63) is 24.0 Å². The molecular formula is C12H18N4O3S. The van der Waals surface area contributed by atoms with E-state index in [1.807, 2.05) is 0 Å². The molecule has 1 aliphatic rings. The van der Waals surface area contributed by atoms with Crippen LogP contribution in [0.25, 0.3) is 0 Å². The quantitative estimate of drug-likeness (QED) is 0.771. The fraction of sp³-hybridized carbons (Fsp3) is 0.500. The number of carbonyl (C=O) groups excluding carboxylic acids is 1.